The minimum Gasteiger partial charge on any atom is -0.303 e. The van der Waals surface area contributed by atoms with Crippen molar-refractivity contribution in [1.29, 1.82) is 0 Å². The van der Waals surface area contributed by atoms with Crippen LogP contribution < -0.4 is 0 Å². The average molecular weight is 370 g/mol. The van der Waals surface area contributed by atoms with E-state index in [-0.39, 0.29) is 0 Å². The van der Waals surface area contributed by atoms with E-state index in [9.17, 15) is 0 Å². The number of halogens is 1. The molecule has 0 radical (unpaired) electrons. The Morgan fingerprint density at radius 2 is 1.86 bits per heavy atom. The van der Waals surface area contributed by atoms with Crippen molar-refractivity contribution in [2.24, 2.45) is 5.41 Å². The highest BCUT2D eigenvalue weighted by Crippen LogP contribution is 2.47. The summed E-state index contributed by atoms with van der Waals surface area (Å²) in [7, 11) is 0. The van der Waals surface area contributed by atoms with E-state index in [1.807, 2.05) is 11.8 Å². The van der Waals surface area contributed by atoms with E-state index in [0.717, 1.165) is 5.33 Å². The molecule has 21 heavy (non-hydrogen) atoms. The third-order valence-electron chi connectivity index (χ3n) is 5.25. The van der Waals surface area contributed by atoms with Crippen LogP contribution in [0.15, 0.2) is 5.16 Å². The number of nitrogens with zero attached hydrogens (tertiary/aromatic N) is 3. The molecule has 0 bridgehead atoms. The molecule has 5 heteroatoms. The smallest absolute Gasteiger partial charge is 0.191 e. The zero-order chi connectivity index (χ0) is 14.3. The molecule has 0 saturated heterocycles. The molecular formula is C16H24BrN3S. The lowest BCUT2D eigenvalue weighted by Gasteiger charge is -2.35. The van der Waals surface area contributed by atoms with Crippen LogP contribution in [0.25, 0.3) is 0 Å². The molecule has 3 saturated carbocycles. The van der Waals surface area contributed by atoms with Gasteiger partial charge in [0.15, 0.2) is 5.16 Å². The summed E-state index contributed by atoms with van der Waals surface area (Å²) in [6.07, 6.45) is 12.3. The third kappa shape index (κ3) is 3.05. The van der Waals surface area contributed by atoms with Gasteiger partial charge < -0.3 is 4.57 Å². The maximum absolute atomic E-state index is 4.55. The van der Waals surface area contributed by atoms with Crippen LogP contribution in [0.3, 0.4) is 0 Å². The van der Waals surface area contributed by atoms with E-state index in [1.165, 1.54) is 74.5 Å². The highest BCUT2D eigenvalue weighted by molar-refractivity contribution is 9.09. The quantitative estimate of drug-likeness (QED) is 0.526. The number of hydrogen-bond donors (Lipinski definition) is 0. The fraction of sp³-hybridized carbons (Fsp3) is 0.875. The molecule has 116 valence electrons. The Kier molecular flexibility index (Phi) is 4.07. The number of thioether (sulfide) groups is 1. The SMILES string of the molecule is BrCC1(CSc2nnc(C3CC3)n2C2CC2)CCCCC1. The standard InChI is InChI=1S/C16H24BrN3S/c17-10-16(8-2-1-3-9-16)11-21-15-19-18-14(12-4-5-12)20(15)13-6-7-13/h12-13H,1-11H2. The predicted octanol–water partition coefficient (Wildman–Crippen LogP) is 4.93. The molecule has 1 aromatic heterocycles. The monoisotopic (exact) mass is 369 g/mol. The van der Waals surface area contributed by atoms with Crippen LogP contribution in [0, 0.1) is 5.41 Å². The Morgan fingerprint density at radius 3 is 2.48 bits per heavy atom. The molecule has 0 aromatic carbocycles. The van der Waals surface area contributed by atoms with Crippen molar-refractivity contribution in [3.05, 3.63) is 5.82 Å². The van der Waals surface area contributed by atoms with E-state index in [4.69, 9.17) is 0 Å². The highest BCUT2D eigenvalue weighted by atomic mass is 79.9. The van der Waals surface area contributed by atoms with E-state index >= 15 is 0 Å². The van der Waals surface area contributed by atoms with E-state index < -0.39 is 0 Å². The zero-order valence-electron chi connectivity index (χ0n) is 12.6. The molecular weight excluding hydrogens is 346 g/mol. The van der Waals surface area contributed by atoms with Gasteiger partial charge in [-0.2, -0.15) is 0 Å². The van der Waals surface area contributed by atoms with Gasteiger partial charge in [0.25, 0.3) is 0 Å². The molecule has 0 amide bonds. The molecule has 3 nitrogen and oxygen atoms in total. The van der Waals surface area contributed by atoms with Crippen LogP contribution in [-0.2, 0) is 0 Å². The highest BCUT2D eigenvalue weighted by Gasteiger charge is 2.37. The van der Waals surface area contributed by atoms with Crippen LogP contribution in [-0.4, -0.2) is 25.8 Å². The van der Waals surface area contributed by atoms with Crippen molar-refractivity contribution in [2.75, 3.05) is 11.1 Å². The van der Waals surface area contributed by atoms with Crippen molar-refractivity contribution in [3.63, 3.8) is 0 Å². The molecule has 0 atom stereocenters. The predicted molar refractivity (Wildman–Crippen MR) is 90.3 cm³/mol. The van der Waals surface area contributed by atoms with Crippen LogP contribution in [0.5, 0.6) is 0 Å². The first-order valence-corrected chi connectivity index (χ1v) is 10.6. The Morgan fingerprint density at radius 1 is 1.10 bits per heavy atom. The number of rotatable bonds is 6. The van der Waals surface area contributed by atoms with Gasteiger partial charge in [-0.3, -0.25) is 0 Å². The fourth-order valence-corrected chi connectivity index (χ4v) is 5.85. The molecule has 0 aliphatic heterocycles. The van der Waals surface area contributed by atoms with Crippen LogP contribution >= 0.6 is 27.7 Å². The van der Waals surface area contributed by atoms with Crippen molar-refractivity contribution in [1.82, 2.24) is 14.8 Å². The van der Waals surface area contributed by atoms with Crippen molar-refractivity contribution in [3.8, 4) is 0 Å². The van der Waals surface area contributed by atoms with Gasteiger partial charge in [-0.1, -0.05) is 47.0 Å². The largest absolute Gasteiger partial charge is 0.303 e. The summed E-state index contributed by atoms with van der Waals surface area (Å²) >= 11 is 5.75. The van der Waals surface area contributed by atoms with Crippen molar-refractivity contribution in [2.45, 2.75) is 74.9 Å². The van der Waals surface area contributed by atoms with Gasteiger partial charge in [0.2, 0.25) is 0 Å². The summed E-state index contributed by atoms with van der Waals surface area (Å²) in [5.41, 5.74) is 0.489. The molecule has 0 spiro atoms. The Bertz CT molecular complexity index is 502. The zero-order valence-corrected chi connectivity index (χ0v) is 15.0. The van der Waals surface area contributed by atoms with Gasteiger partial charge in [-0.25, -0.2) is 0 Å². The summed E-state index contributed by atoms with van der Waals surface area (Å²) in [4.78, 5) is 0. The third-order valence-corrected chi connectivity index (χ3v) is 7.73. The van der Waals surface area contributed by atoms with Gasteiger partial charge in [-0.15, -0.1) is 10.2 Å². The average Bonchev–Trinajstić information content (AvgIpc) is 3.45. The van der Waals surface area contributed by atoms with Gasteiger partial charge >= 0.3 is 0 Å². The molecule has 0 unspecified atom stereocenters. The molecule has 1 heterocycles. The van der Waals surface area contributed by atoms with Gasteiger partial charge in [0.1, 0.15) is 5.82 Å². The summed E-state index contributed by atoms with van der Waals surface area (Å²) in [6, 6.07) is 0.712. The lowest BCUT2D eigenvalue weighted by atomic mass is 9.77. The Balaban J connectivity index is 1.49. The maximum Gasteiger partial charge on any atom is 0.191 e. The second-order valence-corrected chi connectivity index (χ2v) is 8.70. The normalized spacial score (nSPS) is 25.2. The maximum atomic E-state index is 4.55. The van der Waals surface area contributed by atoms with Crippen LogP contribution in [0.1, 0.15) is 75.6 Å². The van der Waals surface area contributed by atoms with Crippen molar-refractivity contribution < 1.29 is 0 Å². The molecule has 3 fully saturated rings. The van der Waals surface area contributed by atoms with Gasteiger partial charge in [-0.05, 0) is 43.9 Å². The second-order valence-electron chi connectivity index (χ2n) is 7.20. The summed E-state index contributed by atoms with van der Waals surface area (Å²) < 4.78 is 2.49. The van der Waals surface area contributed by atoms with Gasteiger partial charge in [0, 0.05) is 23.0 Å². The first-order valence-electron chi connectivity index (χ1n) is 8.45. The lowest BCUT2D eigenvalue weighted by molar-refractivity contribution is 0.260. The molecule has 4 rings (SSSR count). The number of alkyl halides is 1. The molecule has 0 N–H and O–H groups in total. The van der Waals surface area contributed by atoms with Crippen LogP contribution in [0.4, 0.5) is 0 Å². The Hall–Kier alpha value is -0.0300. The first-order chi connectivity index (χ1) is 10.3. The molecule has 3 aliphatic carbocycles. The lowest BCUT2D eigenvalue weighted by Crippen LogP contribution is -2.28. The molecule has 1 aromatic rings. The fourth-order valence-electron chi connectivity index (χ4n) is 3.52. The Labute approximate surface area is 139 Å². The first kappa shape index (κ1) is 14.6. The molecule has 3 aliphatic rings. The summed E-state index contributed by atoms with van der Waals surface area (Å²) in [5.74, 6) is 3.21. The second kappa shape index (κ2) is 5.88. The minimum atomic E-state index is 0.489. The minimum absolute atomic E-state index is 0.489. The van der Waals surface area contributed by atoms with E-state index in [1.54, 1.807) is 0 Å². The number of aromatic nitrogens is 3. The van der Waals surface area contributed by atoms with Gasteiger partial charge in [0.05, 0.1) is 0 Å². The summed E-state index contributed by atoms with van der Waals surface area (Å²) in [5, 5.41) is 11.4. The van der Waals surface area contributed by atoms with E-state index in [0.29, 0.717) is 17.4 Å². The number of hydrogen-bond acceptors (Lipinski definition) is 3. The summed E-state index contributed by atoms with van der Waals surface area (Å²) in [6.45, 7) is 0. The van der Waals surface area contributed by atoms with Crippen LogP contribution in [0.2, 0.25) is 0 Å². The van der Waals surface area contributed by atoms with E-state index in [2.05, 4.69) is 30.7 Å². The topological polar surface area (TPSA) is 30.7 Å². The van der Waals surface area contributed by atoms with Crippen molar-refractivity contribution >= 4 is 27.7 Å².